The quantitative estimate of drug-likeness (QED) is 0.833. The molecule has 2 aromatic heterocycles. The molecule has 2 aromatic rings. The molecule has 3 fully saturated rings. The second kappa shape index (κ2) is 5.73. The first-order chi connectivity index (χ1) is 12.2. The van der Waals surface area contributed by atoms with Crippen LogP contribution >= 0.6 is 0 Å². The number of aromatic nitrogens is 2. The van der Waals surface area contributed by atoms with Gasteiger partial charge in [0.25, 0.3) is 5.91 Å². The number of nitrogens with zero attached hydrogens (tertiary/aromatic N) is 5. The van der Waals surface area contributed by atoms with Crippen LogP contribution in [0.3, 0.4) is 0 Å². The summed E-state index contributed by atoms with van der Waals surface area (Å²) in [5.41, 5.74) is 2.89. The Morgan fingerprint density at radius 1 is 1.12 bits per heavy atom. The highest BCUT2D eigenvalue weighted by atomic mass is 16.2. The van der Waals surface area contributed by atoms with Gasteiger partial charge in [0, 0.05) is 51.2 Å². The minimum Gasteiger partial charge on any atom is -0.371 e. The first-order valence-corrected chi connectivity index (χ1v) is 9.39. The third kappa shape index (κ3) is 2.51. The minimum absolute atomic E-state index is 0.144. The first-order valence-electron chi connectivity index (χ1n) is 9.39. The van der Waals surface area contributed by atoms with Crippen molar-refractivity contribution in [3.8, 4) is 0 Å². The Labute approximate surface area is 148 Å². The normalized spacial score (nSPS) is 26.8. The second-order valence-electron chi connectivity index (χ2n) is 7.92. The van der Waals surface area contributed by atoms with Gasteiger partial charge in [-0.05, 0) is 43.9 Å². The van der Waals surface area contributed by atoms with Crippen LogP contribution in [0.25, 0.3) is 5.52 Å². The van der Waals surface area contributed by atoms with Gasteiger partial charge < -0.3 is 14.7 Å². The number of carbonyl (C=O) groups excluding carboxylic acids is 1. The summed E-state index contributed by atoms with van der Waals surface area (Å²) in [5, 5.41) is 4.41. The van der Waals surface area contributed by atoms with Gasteiger partial charge in [0.2, 0.25) is 0 Å². The molecule has 3 aliphatic rings. The van der Waals surface area contributed by atoms with E-state index >= 15 is 0 Å². The van der Waals surface area contributed by atoms with E-state index < -0.39 is 0 Å². The van der Waals surface area contributed by atoms with Gasteiger partial charge in [0.1, 0.15) is 0 Å². The molecule has 0 bridgehead atoms. The number of amides is 1. The molecule has 0 spiro atoms. The van der Waals surface area contributed by atoms with Crippen molar-refractivity contribution in [1.29, 1.82) is 0 Å². The third-order valence-corrected chi connectivity index (χ3v) is 6.16. The molecule has 5 heterocycles. The van der Waals surface area contributed by atoms with Gasteiger partial charge in [-0.2, -0.15) is 5.10 Å². The smallest absolute Gasteiger partial charge is 0.257 e. The Kier molecular flexibility index (Phi) is 3.48. The van der Waals surface area contributed by atoms with Crippen LogP contribution in [0.5, 0.6) is 0 Å². The predicted octanol–water partition coefficient (Wildman–Crippen LogP) is 1.57. The van der Waals surface area contributed by atoms with E-state index in [1.54, 1.807) is 6.20 Å². The zero-order valence-corrected chi connectivity index (χ0v) is 14.8. The van der Waals surface area contributed by atoms with E-state index in [9.17, 15) is 4.79 Å². The Hall–Kier alpha value is -2.08. The molecule has 0 aromatic carbocycles. The van der Waals surface area contributed by atoms with Gasteiger partial charge in [0.05, 0.1) is 17.3 Å². The average Bonchev–Trinajstić information content (AvgIpc) is 3.36. The Morgan fingerprint density at radius 3 is 2.56 bits per heavy atom. The molecule has 3 aliphatic heterocycles. The molecular weight excluding hydrogens is 314 g/mol. The molecule has 2 unspecified atom stereocenters. The van der Waals surface area contributed by atoms with Gasteiger partial charge in [0.15, 0.2) is 0 Å². The van der Waals surface area contributed by atoms with Crippen molar-refractivity contribution < 1.29 is 4.79 Å². The average molecular weight is 339 g/mol. The number of pyridine rings is 1. The van der Waals surface area contributed by atoms with Crippen molar-refractivity contribution in [3.05, 3.63) is 30.1 Å². The van der Waals surface area contributed by atoms with Crippen LogP contribution in [0.15, 0.2) is 24.5 Å². The summed E-state index contributed by atoms with van der Waals surface area (Å²) in [4.78, 5) is 19.9. The molecular formula is C19H25N5O. The van der Waals surface area contributed by atoms with Gasteiger partial charge >= 0.3 is 0 Å². The van der Waals surface area contributed by atoms with E-state index in [2.05, 4.69) is 34.1 Å². The summed E-state index contributed by atoms with van der Waals surface area (Å²) in [7, 11) is 2.18. The zero-order valence-electron chi connectivity index (χ0n) is 14.8. The fourth-order valence-electron chi connectivity index (χ4n) is 4.87. The summed E-state index contributed by atoms with van der Waals surface area (Å²) >= 11 is 0. The molecule has 0 radical (unpaired) electrons. The highest BCUT2D eigenvalue weighted by molar-refractivity contribution is 6.01. The van der Waals surface area contributed by atoms with E-state index in [1.807, 2.05) is 15.6 Å². The number of rotatable bonds is 2. The largest absolute Gasteiger partial charge is 0.371 e. The molecule has 2 atom stereocenters. The summed E-state index contributed by atoms with van der Waals surface area (Å²) in [6.45, 7) is 6.21. The topological polar surface area (TPSA) is 44.1 Å². The van der Waals surface area contributed by atoms with E-state index in [4.69, 9.17) is 0 Å². The van der Waals surface area contributed by atoms with Crippen molar-refractivity contribution in [2.75, 3.05) is 51.2 Å². The maximum atomic E-state index is 13.1. The van der Waals surface area contributed by atoms with Gasteiger partial charge in [-0.1, -0.05) is 0 Å². The molecule has 132 valence electrons. The van der Waals surface area contributed by atoms with Crippen LogP contribution in [0.2, 0.25) is 0 Å². The summed E-state index contributed by atoms with van der Waals surface area (Å²) < 4.78 is 1.83. The lowest BCUT2D eigenvalue weighted by molar-refractivity contribution is 0.0778. The van der Waals surface area contributed by atoms with E-state index in [-0.39, 0.29) is 5.91 Å². The second-order valence-corrected chi connectivity index (χ2v) is 7.92. The standard InChI is InChI=1S/C19H25N5O/c1-21-10-14-12-23(13-15(14)11-21)19(25)17-9-20-24-7-4-16(8-18(17)24)22-5-2-3-6-22/h4,7-9,14-15H,2-3,5-6,10-13H2,1H3. The van der Waals surface area contributed by atoms with Crippen molar-refractivity contribution >= 4 is 17.1 Å². The van der Waals surface area contributed by atoms with Crippen molar-refractivity contribution in [2.24, 2.45) is 11.8 Å². The highest BCUT2D eigenvalue weighted by Crippen LogP contribution is 2.32. The molecule has 0 aliphatic carbocycles. The van der Waals surface area contributed by atoms with Crippen molar-refractivity contribution in [1.82, 2.24) is 19.4 Å². The summed E-state index contributed by atoms with van der Waals surface area (Å²) in [6.07, 6.45) is 6.22. The lowest BCUT2D eigenvalue weighted by Gasteiger charge is -2.20. The van der Waals surface area contributed by atoms with Crippen LogP contribution in [-0.4, -0.2) is 71.6 Å². The monoisotopic (exact) mass is 339 g/mol. The summed E-state index contributed by atoms with van der Waals surface area (Å²) in [6, 6.07) is 4.24. The molecule has 0 N–H and O–H groups in total. The molecule has 6 heteroatoms. The minimum atomic E-state index is 0.144. The summed E-state index contributed by atoms with van der Waals surface area (Å²) in [5.74, 6) is 1.41. The van der Waals surface area contributed by atoms with Crippen molar-refractivity contribution in [3.63, 3.8) is 0 Å². The Bertz CT molecular complexity index is 795. The van der Waals surface area contributed by atoms with E-state index in [0.29, 0.717) is 11.8 Å². The lowest BCUT2D eigenvalue weighted by atomic mass is 10.0. The van der Waals surface area contributed by atoms with Gasteiger partial charge in [-0.3, -0.25) is 4.79 Å². The number of likely N-dealkylation sites (tertiary alicyclic amines) is 2. The van der Waals surface area contributed by atoms with Crippen LogP contribution in [-0.2, 0) is 0 Å². The highest BCUT2D eigenvalue weighted by Gasteiger charge is 2.40. The maximum Gasteiger partial charge on any atom is 0.257 e. The maximum absolute atomic E-state index is 13.1. The zero-order chi connectivity index (χ0) is 17.0. The van der Waals surface area contributed by atoms with Crippen LogP contribution in [0.4, 0.5) is 5.69 Å². The fraction of sp³-hybridized carbons (Fsp3) is 0.579. The molecule has 6 nitrogen and oxygen atoms in total. The van der Waals surface area contributed by atoms with E-state index in [0.717, 1.165) is 50.3 Å². The molecule has 1 amide bonds. The number of fused-ring (bicyclic) bond motifs is 2. The fourth-order valence-corrected chi connectivity index (χ4v) is 4.87. The van der Waals surface area contributed by atoms with E-state index in [1.165, 1.54) is 18.5 Å². The SMILES string of the molecule is CN1CC2CN(C(=O)c3cnn4ccc(N5CCCC5)cc34)CC2C1. The number of anilines is 1. The molecule has 3 saturated heterocycles. The van der Waals surface area contributed by atoms with Crippen molar-refractivity contribution in [2.45, 2.75) is 12.8 Å². The third-order valence-electron chi connectivity index (χ3n) is 6.16. The molecule has 0 saturated carbocycles. The predicted molar refractivity (Wildman–Crippen MR) is 97.0 cm³/mol. The molecule has 25 heavy (non-hydrogen) atoms. The number of hydrogen-bond acceptors (Lipinski definition) is 4. The Balaban J connectivity index is 1.42. The van der Waals surface area contributed by atoms with Crippen LogP contribution < -0.4 is 4.90 Å². The molecule has 5 rings (SSSR count). The first kappa shape index (κ1) is 15.2. The van der Waals surface area contributed by atoms with Gasteiger partial charge in [-0.25, -0.2) is 4.52 Å². The van der Waals surface area contributed by atoms with Crippen LogP contribution in [0, 0.1) is 11.8 Å². The number of hydrogen-bond donors (Lipinski definition) is 0. The number of carbonyl (C=O) groups is 1. The van der Waals surface area contributed by atoms with Gasteiger partial charge in [-0.15, -0.1) is 0 Å². The lowest BCUT2D eigenvalue weighted by Crippen LogP contribution is -2.32. The Morgan fingerprint density at radius 2 is 1.84 bits per heavy atom. The van der Waals surface area contributed by atoms with Crippen LogP contribution in [0.1, 0.15) is 23.2 Å².